The van der Waals surface area contributed by atoms with Gasteiger partial charge in [0.25, 0.3) is 0 Å². The van der Waals surface area contributed by atoms with Crippen LogP contribution in [0.5, 0.6) is 0 Å². The molecule has 0 saturated carbocycles. The van der Waals surface area contributed by atoms with E-state index in [4.69, 9.17) is 11.6 Å². The first-order chi connectivity index (χ1) is 11.1. The summed E-state index contributed by atoms with van der Waals surface area (Å²) in [6, 6.07) is 5.10. The van der Waals surface area contributed by atoms with Gasteiger partial charge in [-0.1, -0.05) is 17.7 Å². The summed E-state index contributed by atoms with van der Waals surface area (Å²) in [6.45, 7) is 0. The van der Waals surface area contributed by atoms with E-state index in [9.17, 15) is 9.59 Å². The van der Waals surface area contributed by atoms with Crippen LogP contribution >= 0.6 is 11.6 Å². The second kappa shape index (κ2) is 6.78. The van der Waals surface area contributed by atoms with Crippen molar-refractivity contribution < 1.29 is 9.59 Å². The Morgan fingerprint density at radius 1 is 1.48 bits per heavy atom. The van der Waals surface area contributed by atoms with Crippen LogP contribution in [0.2, 0.25) is 5.02 Å². The molecule has 3 rings (SSSR count). The predicted molar refractivity (Wildman–Crippen MR) is 85.4 cm³/mol. The number of para-hydroxylation sites is 1. The van der Waals surface area contributed by atoms with Gasteiger partial charge < -0.3 is 10.6 Å². The Morgan fingerprint density at radius 3 is 3.09 bits per heavy atom. The molecule has 1 saturated heterocycles. The molecule has 2 aromatic rings. The van der Waals surface area contributed by atoms with E-state index in [0.29, 0.717) is 22.8 Å². The summed E-state index contributed by atoms with van der Waals surface area (Å²) in [5.74, 6) is -0.180. The third-order valence-electron chi connectivity index (χ3n) is 3.66. The lowest BCUT2D eigenvalue weighted by Crippen LogP contribution is -2.40. The van der Waals surface area contributed by atoms with Crippen LogP contribution in [0.25, 0.3) is 5.69 Å². The Balaban J connectivity index is 1.74. The number of carbonyl (C=O) groups excluding carboxylic acids is 2. The van der Waals surface area contributed by atoms with Gasteiger partial charge >= 0.3 is 0 Å². The van der Waals surface area contributed by atoms with Crippen LogP contribution in [0.1, 0.15) is 25.7 Å². The molecule has 2 amide bonds. The molecule has 0 bridgehead atoms. The molecule has 2 heterocycles. The Kier molecular flexibility index (Phi) is 4.57. The number of nitrogens with zero attached hydrogens (tertiary/aromatic N) is 3. The Bertz CT molecular complexity index is 717. The van der Waals surface area contributed by atoms with E-state index in [1.165, 1.54) is 17.3 Å². The van der Waals surface area contributed by atoms with Crippen LogP contribution in [0.4, 0.5) is 5.69 Å². The molecule has 0 radical (unpaired) electrons. The van der Waals surface area contributed by atoms with Crippen molar-refractivity contribution in [3.63, 3.8) is 0 Å². The quantitative estimate of drug-likeness (QED) is 0.894. The lowest BCUT2D eigenvalue weighted by atomic mass is 10.0. The van der Waals surface area contributed by atoms with Crippen molar-refractivity contribution in [3.05, 3.63) is 35.9 Å². The van der Waals surface area contributed by atoms with Gasteiger partial charge in [-0.3, -0.25) is 9.59 Å². The highest BCUT2D eigenvalue weighted by Gasteiger charge is 2.21. The summed E-state index contributed by atoms with van der Waals surface area (Å²) in [6.07, 6.45) is 5.29. The highest BCUT2D eigenvalue weighted by Crippen LogP contribution is 2.28. The first kappa shape index (κ1) is 15.5. The van der Waals surface area contributed by atoms with Gasteiger partial charge in [0.1, 0.15) is 18.3 Å². The number of hydrogen-bond acceptors (Lipinski definition) is 4. The highest BCUT2D eigenvalue weighted by atomic mass is 35.5. The van der Waals surface area contributed by atoms with Gasteiger partial charge in [0.15, 0.2) is 0 Å². The smallest absolute Gasteiger partial charge is 0.226 e. The third kappa shape index (κ3) is 3.68. The number of amides is 2. The van der Waals surface area contributed by atoms with Crippen molar-refractivity contribution in [2.75, 3.05) is 5.32 Å². The maximum absolute atomic E-state index is 12.3. The fraction of sp³-hybridized carbons (Fsp3) is 0.333. The molecular weight excluding hydrogens is 318 g/mol. The van der Waals surface area contributed by atoms with Crippen molar-refractivity contribution in [3.8, 4) is 5.69 Å². The molecule has 1 aliphatic rings. The monoisotopic (exact) mass is 333 g/mol. The number of piperidine rings is 1. The van der Waals surface area contributed by atoms with Crippen LogP contribution in [-0.2, 0) is 9.59 Å². The molecule has 1 aromatic carbocycles. The third-order valence-corrected chi connectivity index (χ3v) is 3.97. The van der Waals surface area contributed by atoms with Crippen LogP contribution in [0.3, 0.4) is 0 Å². The van der Waals surface area contributed by atoms with Crippen LogP contribution in [0.15, 0.2) is 30.9 Å². The molecular formula is C15H16ClN5O2. The molecule has 1 fully saturated rings. The van der Waals surface area contributed by atoms with Crippen molar-refractivity contribution in [1.82, 2.24) is 20.1 Å². The fourth-order valence-corrected chi connectivity index (χ4v) is 2.89. The second-order valence-corrected chi connectivity index (χ2v) is 5.79. The Morgan fingerprint density at radius 2 is 2.35 bits per heavy atom. The number of carbonyl (C=O) groups is 2. The molecule has 0 spiro atoms. The number of benzene rings is 1. The van der Waals surface area contributed by atoms with Crippen LogP contribution in [0, 0.1) is 0 Å². The molecule has 7 nitrogen and oxygen atoms in total. The van der Waals surface area contributed by atoms with Crippen LogP contribution < -0.4 is 10.6 Å². The van der Waals surface area contributed by atoms with Gasteiger partial charge in [0.05, 0.1) is 10.7 Å². The maximum Gasteiger partial charge on any atom is 0.226 e. The average Bonchev–Trinajstić information content (AvgIpc) is 3.01. The zero-order chi connectivity index (χ0) is 16.2. The fourth-order valence-electron chi connectivity index (χ4n) is 2.63. The molecule has 1 atom stereocenters. The zero-order valence-electron chi connectivity index (χ0n) is 12.3. The van der Waals surface area contributed by atoms with Crippen LogP contribution in [-0.4, -0.2) is 32.6 Å². The van der Waals surface area contributed by atoms with Crippen molar-refractivity contribution in [2.24, 2.45) is 0 Å². The van der Waals surface area contributed by atoms with Gasteiger partial charge in [-0.2, -0.15) is 5.10 Å². The average molecular weight is 334 g/mol. The summed E-state index contributed by atoms with van der Waals surface area (Å²) in [5, 5.41) is 10.2. The lowest BCUT2D eigenvalue weighted by Gasteiger charge is -2.23. The van der Waals surface area contributed by atoms with Gasteiger partial charge in [-0.05, 0) is 25.0 Å². The number of anilines is 1. The van der Waals surface area contributed by atoms with E-state index in [2.05, 4.69) is 20.7 Å². The number of nitrogens with one attached hydrogen (secondary N) is 2. The zero-order valence-corrected chi connectivity index (χ0v) is 13.1. The summed E-state index contributed by atoms with van der Waals surface area (Å²) in [5.41, 5.74) is 1.11. The largest absolute Gasteiger partial charge is 0.353 e. The molecule has 120 valence electrons. The Labute approximate surface area is 138 Å². The molecule has 1 aromatic heterocycles. The number of rotatable bonds is 4. The van der Waals surface area contributed by atoms with Crippen molar-refractivity contribution >= 4 is 29.1 Å². The summed E-state index contributed by atoms with van der Waals surface area (Å²) in [4.78, 5) is 27.6. The number of hydrogen-bond donors (Lipinski definition) is 2. The van der Waals surface area contributed by atoms with E-state index in [-0.39, 0.29) is 24.3 Å². The normalized spacial score (nSPS) is 17.6. The lowest BCUT2D eigenvalue weighted by molar-refractivity contribution is -0.124. The van der Waals surface area contributed by atoms with Gasteiger partial charge in [0.2, 0.25) is 11.8 Å². The van der Waals surface area contributed by atoms with E-state index in [1.807, 2.05) is 0 Å². The van der Waals surface area contributed by atoms with Crippen molar-refractivity contribution in [1.29, 1.82) is 0 Å². The molecule has 1 unspecified atom stereocenters. The van der Waals surface area contributed by atoms with E-state index >= 15 is 0 Å². The van der Waals surface area contributed by atoms with E-state index < -0.39 is 0 Å². The Hall–Kier alpha value is -2.41. The number of halogens is 1. The minimum absolute atomic E-state index is 0.000102. The predicted octanol–water partition coefficient (Wildman–Crippen LogP) is 1.92. The standard InChI is InChI=1S/C15H16ClN5O2/c16-11-4-2-5-12(15(11)21-9-17-8-18-21)20-14(23)7-10-3-1-6-13(22)19-10/h2,4-5,8-10H,1,3,6-7H2,(H,19,22)(H,20,23). The SMILES string of the molecule is O=C(CC1CCCC(=O)N1)Nc1cccc(Cl)c1-n1cncn1. The van der Waals surface area contributed by atoms with Gasteiger partial charge in [-0.25, -0.2) is 9.67 Å². The summed E-state index contributed by atoms with van der Waals surface area (Å²) in [7, 11) is 0. The van der Waals surface area contributed by atoms with Crippen molar-refractivity contribution in [2.45, 2.75) is 31.7 Å². The first-order valence-corrected chi connectivity index (χ1v) is 7.74. The first-order valence-electron chi connectivity index (χ1n) is 7.36. The maximum atomic E-state index is 12.3. The van der Waals surface area contributed by atoms with E-state index in [1.54, 1.807) is 18.2 Å². The summed E-state index contributed by atoms with van der Waals surface area (Å²) >= 11 is 6.22. The molecule has 0 aliphatic carbocycles. The molecule has 1 aliphatic heterocycles. The minimum Gasteiger partial charge on any atom is -0.353 e. The minimum atomic E-state index is -0.180. The molecule has 23 heavy (non-hydrogen) atoms. The molecule has 2 N–H and O–H groups in total. The molecule has 8 heteroatoms. The van der Waals surface area contributed by atoms with Gasteiger partial charge in [-0.15, -0.1) is 0 Å². The topological polar surface area (TPSA) is 88.9 Å². The van der Waals surface area contributed by atoms with E-state index in [0.717, 1.165) is 12.8 Å². The summed E-state index contributed by atoms with van der Waals surface area (Å²) < 4.78 is 1.50. The second-order valence-electron chi connectivity index (χ2n) is 5.39. The number of aromatic nitrogens is 3. The van der Waals surface area contributed by atoms with Gasteiger partial charge in [0, 0.05) is 18.9 Å². The highest BCUT2D eigenvalue weighted by molar-refractivity contribution is 6.33.